The normalized spacial score (nSPS) is 23.6. The maximum absolute atomic E-state index is 12.1. The third kappa shape index (κ3) is 5.29. The number of nitrogens with one attached hydrogen (secondary N) is 2. The summed E-state index contributed by atoms with van der Waals surface area (Å²) in [7, 11) is 1.03. The Hall–Kier alpha value is -1.47. The highest BCUT2D eigenvalue weighted by Crippen LogP contribution is 2.38. The molecule has 3 rings (SSSR count). The number of guanidine groups is 1. The summed E-state index contributed by atoms with van der Waals surface area (Å²) in [6.45, 7) is 3.62. The number of hydrogen-bond acceptors (Lipinski definition) is 4. The minimum atomic E-state index is -0.729. The molecule has 8 heteroatoms. The van der Waals surface area contributed by atoms with Crippen LogP contribution in [0.4, 0.5) is 0 Å². The van der Waals surface area contributed by atoms with Gasteiger partial charge in [0, 0.05) is 41.4 Å². The Morgan fingerprint density at radius 3 is 2.93 bits per heavy atom. The molecule has 1 aliphatic carbocycles. The van der Waals surface area contributed by atoms with Crippen molar-refractivity contribution in [2.24, 2.45) is 4.99 Å². The second kappa shape index (κ2) is 9.64. The summed E-state index contributed by atoms with van der Waals surface area (Å²) in [6, 6.07) is 4.13. The molecule has 2 N–H and O–H groups in total. The molecule has 150 valence electrons. The number of fused-ring (bicyclic) bond motifs is 1. The first-order valence-electron chi connectivity index (χ1n) is 9.53. The molecule has 2 aliphatic rings. The summed E-state index contributed by atoms with van der Waals surface area (Å²) in [5, 5.41) is 7.66. The van der Waals surface area contributed by atoms with Crippen molar-refractivity contribution >= 4 is 28.4 Å². The molecule has 3 unspecified atom stereocenters. The number of ether oxygens (including phenoxy) is 2. The van der Waals surface area contributed by atoms with E-state index in [1.54, 1.807) is 7.05 Å². The van der Waals surface area contributed by atoms with Crippen molar-refractivity contribution in [3.63, 3.8) is 0 Å². The van der Waals surface area contributed by atoms with Gasteiger partial charge in [-0.1, -0.05) is 24.9 Å². The van der Waals surface area contributed by atoms with Gasteiger partial charge in [0.1, 0.15) is 13.2 Å². The second-order valence-electron chi connectivity index (χ2n) is 6.83. The van der Waals surface area contributed by atoms with E-state index in [2.05, 4.69) is 15.6 Å². The third-order valence-corrected chi connectivity index (χ3v) is 6.98. The summed E-state index contributed by atoms with van der Waals surface area (Å²) in [4.78, 5) is 4.33. The first-order valence-corrected chi connectivity index (χ1v) is 11.3. The van der Waals surface area contributed by atoms with E-state index in [4.69, 9.17) is 21.1 Å². The van der Waals surface area contributed by atoms with Crippen LogP contribution in [0, 0.1) is 0 Å². The fourth-order valence-corrected chi connectivity index (χ4v) is 5.23. The van der Waals surface area contributed by atoms with Crippen LogP contribution in [-0.2, 0) is 17.3 Å². The molecule has 1 fully saturated rings. The minimum Gasteiger partial charge on any atom is -0.486 e. The Kier molecular flexibility index (Phi) is 7.24. The summed E-state index contributed by atoms with van der Waals surface area (Å²) >= 11 is 6.30. The van der Waals surface area contributed by atoms with Crippen LogP contribution in [0.5, 0.6) is 11.5 Å². The topological polar surface area (TPSA) is 72.0 Å². The van der Waals surface area contributed by atoms with Gasteiger partial charge in [0.2, 0.25) is 0 Å². The van der Waals surface area contributed by atoms with E-state index in [1.165, 1.54) is 0 Å². The molecule has 1 aromatic rings. The summed E-state index contributed by atoms with van der Waals surface area (Å²) < 4.78 is 23.3. The molecule has 3 atom stereocenters. The molecule has 0 amide bonds. The fourth-order valence-electron chi connectivity index (χ4n) is 3.59. The van der Waals surface area contributed by atoms with Crippen LogP contribution in [0.15, 0.2) is 17.1 Å². The Morgan fingerprint density at radius 2 is 2.15 bits per heavy atom. The summed E-state index contributed by atoms with van der Waals surface area (Å²) in [5.41, 5.74) is 1.00. The van der Waals surface area contributed by atoms with E-state index in [-0.39, 0.29) is 5.25 Å². The van der Waals surface area contributed by atoms with Crippen LogP contribution in [0.1, 0.15) is 38.2 Å². The zero-order valence-electron chi connectivity index (χ0n) is 15.9. The molecular formula is C19H28ClN3O3S. The summed E-state index contributed by atoms with van der Waals surface area (Å²) in [5.74, 6) is 2.78. The lowest BCUT2D eigenvalue weighted by molar-refractivity contribution is 0.171. The van der Waals surface area contributed by atoms with Crippen LogP contribution >= 0.6 is 11.6 Å². The van der Waals surface area contributed by atoms with Gasteiger partial charge in [0.05, 0.1) is 5.02 Å². The molecule has 6 nitrogen and oxygen atoms in total. The number of nitrogens with zero attached hydrogens (tertiary/aromatic N) is 1. The SMILES string of the molecule is CCS(=O)C1CCCC(NC(=NC)NCc2cc(Cl)c3c(c2)OCCO3)C1. The van der Waals surface area contributed by atoms with Crippen LogP contribution in [0.25, 0.3) is 0 Å². The zero-order chi connectivity index (χ0) is 19.2. The lowest BCUT2D eigenvalue weighted by Gasteiger charge is -2.30. The molecule has 0 radical (unpaired) electrons. The van der Waals surface area contributed by atoms with Crippen molar-refractivity contribution in [3.8, 4) is 11.5 Å². The number of hydrogen-bond donors (Lipinski definition) is 2. The van der Waals surface area contributed by atoms with Crippen molar-refractivity contribution < 1.29 is 13.7 Å². The molecule has 0 spiro atoms. The van der Waals surface area contributed by atoms with Gasteiger partial charge in [-0.3, -0.25) is 9.20 Å². The van der Waals surface area contributed by atoms with Crippen molar-refractivity contribution in [2.75, 3.05) is 26.0 Å². The summed E-state index contributed by atoms with van der Waals surface area (Å²) in [6.07, 6.45) is 4.16. The Labute approximate surface area is 168 Å². The van der Waals surface area contributed by atoms with Crippen LogP contribution < -0.4 is 20.1 Å². The lowest BCUT2D eigenvalue weighted by Crippen LogP contribution is -2.46. The smallest absolute Gasteiger partial charge is 0.191 e. The standard InChI is InChI=1S/C19H28ClN3O3S/c1-3-27(24)15-6-4-5-14(11-15)23-19(21-2)22-12-13-9-16(20)18-17(10-13)25-7-8-26-18/h9-10,14-15H,3-8,11-12H2,1-2H3,(H2,21,22,23). The first-order chi connectivity index (χ1) is 13.1. The molecule has 0 aromatic heterocycles. The number of halogens is 1. The van der Waals surface area contributed by atoms with Gasteiger partial charge < -0.3 is 20.1 Å². The monoisotopic (exact) mass is 413 g/mol. The van der Waals surface area contributed by atoms with Crippen molar-refractivity contribution in [2.45, 2.75) is 50.4 Å². The molecule has 1 aromatic carbocycles. The Morgan fingerprint density at radius 1 is 1.33 bits per heavy atom. The quantitative estimate of drug-likeness (QED) is 0.573. The molecule has 0 bridgehead atoms. The predicted octanol–water partition coefficient (Wildman–Crippen LogP) is 2.86. The van der Waals surface area contributed by atoms with Crippen molar-refractivity contribution in [1.29, 1.82) is 0 Å². The van der Waals surface area contributed by atoms with Gasteiger partial charge in [-0.05, 0) is 37.0 Å². The van der Waals surface area contributed by atoms with Gasteiger partial charge in [-0.25, -0.2) is 0 Å². The van der Waals surface area contributed by atoms with Gasteiger partial charge in [-0.2, -0.15) is 0 Å². The van der Waals surface area contributed by atoms with Gasteiger partial charge in [0.25, 0.3) is 0 Å². The third-order valence-electron chi connectivity index (χ3n) is 4.96. The minimum absolute atomic E-state index is 0.288. The molecule has 1 aliphatic heterocycles. The van der Waals surface area contributed by atoms with Gasteiger partial charge in [-0.15, -0.1) is 0 Å². The molecule has 0 saturated heterocycles. The zero-order valence-corrected chi connectivity index (χ0v) is 17.5. The maximum atomic E-state index is 12.1. The number of aliphatic imine (C=N–C) groups is 1. The molecular weight excluding hydrogens is 386 g/mol. The molecule has 1 heterocycles. The van der Waals surface area contributed by atoms with Crippen LogP contribution in [0.2, 0.25) is 5.02 Å². The lowest BCUT2D eigenvalue weighted by atomic mass is 9.95. The molecule has 1 saturated carbocycles. The van der Waals surface area contributed by atoms with E-state index in [0.29, 0.717) is 42.3 Å². The second-order valence-corrected chi connectivity index (χ2v) is 9.24. The highest BCUT2D eigenvalue weighted by molar-refractivity contribution is 7.85. The van der Waals surface area contributed by atoms with Crippen LogP contribution in [0.3, 0.4) is 0 Å². The largest absolute Gasteiger partial charge is 0.486 e. The van der Waals surface area contributed by atoms with E-state index < -0.39 is 10.8 Å². The average molecular weight is 414 g/mol. The number of rotatable bonds is 5. The fraction of sp³-hybridized carbons (Fsp3) is 0.632. The van der Waals surface area contributed by atoms with E-state index in [9.17, 15) is 4.21 Å². The predicted molar refractivity (Wildman–Crippen MR) is 111 cm³/mol. The average Bonchev–Trinajstić information content (AvgIpc) is 2.70. The van der Waals surface area contributed by atoms with E-state index >= 15 is 0 Å². The van der Waals surface area contributed by atoms with Crippen LogP contribution in [-0.4, -0.2) is 47.5 Å². The maximum Gasteiger partial charge on any atom is 0.191 e. The van der Waals surface area contributed by atoms with Gasteiger partial charge >= 0.3 is 0 Å². The Balaban J connectivity index is 1.56. The first kappa shape index (κ1) is 20.3. The molecule has 27 heavy (non-hydrogen) atoms. The van der Waals surface area contributed by atoms with Crippen molar-refractivity contribution in [3.05, 3.63) is 22.7 Å². The highest BCUT2D eigenvalue weighted by atomic mass is 35.5. The van der Waals surface area contributed by atoms with Crippen molar-refractivity contribution in [1.82, 2.24) is 10.6 Å². The van der Waals surface area contributed by atoms with Gasteiger partial charge in [0.15, 0.2) is 17.5 Å². The highest BCUT2D eigenvalue weighted by Gasteiger charge is 2.26. The van der Waals surface area contributed by atoms with E-state index in [0.717, 1.165) is 43.0 Å². The number of benzene rings is 1. The Bertz CT molecular complexity index is 714. The van der Waals surface area contributed by atoms with E-state index in [1.807, 2.05) is 19.1 Å².